The maximum Gasteiger partial charge on any atom is 0.0141 e. The molecule has 0 aliphatic heterocycles. The highest BCUT2D eigenvalue weighted by molar-refractivity contribution is 7.99. The summed E-state index contributed by atoms with van der Waals surface area (Å²) in [6.45, 7) is 5.60. The number of allylic oxidation sites excluding steroid dienone is 1. The molecule has 2 heteroatoms. The van der Waals surface area contributed by atoms with E-state index in [1.807, 2.05) is 18.8 Å². The van der Waals surface area contributed by atoms with Gasteiger partial charge in [-0.15, -0.1) is 0 Å². The number of rotatable bonds is 8. The van der Waals surface area contributed by atoms with Gasteiger partial charge in [0, 0.05) is 18.1 Å². The van der Waals surface area contributed by atoms with E-state index in [0.717, 1.165) is 6.54 Å². The summed E-state index contributed by atoms with van der Waals surface area (Å²) in [6, 6.07) is 0. The Morgan fingerprint density at radius 1 is 1.46 bits per heavy atom. The lowest BCUT2D eigenvalue weighted by Gasteiger charge is -2.01. The Hall–Kier alpha value is 0.0500. The first-order valence-corrected chi connectivity index (χ1v) is 6.34. The Balaban J connectivity index is 3.27. The van der Waals surface area contributed by atoms with Crippen LogP contribution in [0.1, 0.15) is 33.1 Å². The molecule has 0 aromatic rings. The van der Waals surface area contributed by atoms with Crippen molar-refractivity contribution in [2.24, 2.45) is 0 Å². The fourth-order valence-corrected chi connectivity index (χ4v) is 1.95. The molecule has 0 aromatic carbocycles. The molecule has 0 saturated heterocycles. The van der Waals surface area contributed by atoms with E-state index in [4.69, 9.17) is 0 Å². The van der Waals surface area contributed by atoms with Crippen molar-refractivity contribution in [1.82, 2.24) is 5.32 Å². The van der Waals surface area contributed by atoms with Crippen molar-refractivity contribution in [1.29, 1.82) is 0 Å². The Morgan fingerprint density at radius 2 is 2.23 bits per heavy atom. The summed E-state index contributed by atoms with van der Waals surface area (Å²) in [5, 5.41) is 3.15. The molecule has 0 aromatic heterocycles. The van der Waals surface area contributed by atoms with Gasteiger partial charge in [0.15, 0.2) is 0 Å². The molecule has 0 amide bonds. The van der Waals surface area contributed by atoms with Crippen molar-refractivity contribution in [2.75, 3.05) is 25.1 Å². The Labute approximate surface area is 87.4 Å². The molecule has 0 fully saturated rings. The van der Waals surface area contributed by atoms with E-state index in [-0.39, 0.29) is 0 Å². The van der Waals surface area contributed by atoms with E-state index in [9.17, 15) is 0 Å². The molecule has 1 N–H and O–H groups in total. The lowest BCUT2D eigenvalue weighted by Crippen LogP contribution is -2.10. The maximum absolute atomic E-state index is 3.15. The van der Waals surface area contributed by atoms with E-state index in [1.54, 1.807) is 0 Å². The summed E-state index contributed by atoms with van der Waals surface area (Å²) >= 11 is 2.01. The second-order valence-electron chi connectivity index (χ2n) is 3.35. The van der Waals surface area contributed by atoms with Crippen LogP contribution in [0.25, 0.3) is 0 Å². The molecule has 78 valence electrons. The number of nitrogens with one attached hydrogen (secondary N) is 1. The van der Waals surface area contributed by atoms with Crippen LogP contribution in [-0.4, -0.2) is 25.1 Å². The maximum atomic E-state index is 3.15. The number of hydrogen-bond acceptors (Lipinski definition) is 2. The van der Waals surface area contributed by atoms with E-state index >= 15 is 0 Å². The van der Waals surface area contributed by atoms with Crippen LogP contribution in [0.3, 0.4) is 0 Å². The normalized spacial score (nSPS) is 12.1. The predicted molar refractivity (Wildman–Crippen MR) is 64.5 cm³/mol. The van der Waals surface area contributed by atoms with Crippen molar-refractivity contribution < 1.29 is 0 Å². The fourth-order valence-electron chi connectivity index (χ4n) is 1.02. The average Bonchev–Trinajstić information content (AvgIpc) is 2.13. The molecule has 0 aliphatic carbocycles. The molecule has 0 spiro atoms. The van der Waals surface area contributed by atoms with Crippen LogP contribution < -0.4 is 5.32 Å². The molecule has 0 rings (SSSR count). The van der Waals surface area contributed by atoms with Crippen LogP contribution in [0.5, 0.6) is 0 Å². The van der Waals surface area contributed by atoms with Gasteiger partial charge in [0.2, 0.25) is 0 Å². The largest absolute Gasteiger partial charge is 0.319 e. The SMILES string of the molecule is CCCC/C=C(\C)CSCCNC. The molecule has 0 bridgehead atoms. The minimum absolute atomic E-state index is 1.12. The summed E-state index contributed by atoms with van der Waals surface area (Å²) in [5.41, 5.74) is 1.54. The van der Waals surface area contributed by atoms with Gasteiger partial charge in [-0.05, 0) is 20.4 Å². The van der Waals surface area contributed by atoms with E-state index < -0.39 is 0 Å². The quantitative estimate of drug-likeness (QED) is 0.478. The molecule has 0 unspecified atom stereocenters. The molecule has 0 saturated carbocycles. The summed E-state index contributed by atoms with van der Waals surface area (Å²) < 4.78 is 0. The van der Waals surface area contributed by atoms with Crippen LogP contribution in [0.4, 0.5) is 0 Å². The van der Waals surface area contributed by atoms with Crippen LogP contribution in [-0.2, 0) is 0 Å². The number of hydrogen-bond donors (Lipinski definition) is 1. The van der Waals surface area contributed by atoms with Crippen LogP contribution >= 0.6 is 11.8 Å². The van der Waals surface area contributed by atoms with E-state index in [1.165, 1.54) is 36.3 Å². The van der Waals surface area contributed by atoms with Crippen LogP contribution in [0.15, 0.2) is 11.6 Å². The third-order valence-electron chi connectivity index (χ3n) is 1.88. The van der Waals surface area contributed by atoms with Crippen molar-refractivity contribution in [3.63, 3.8) is 0 Å². The molecule has 0 radical (unpaired) electrons. The molecule has 1 nitrogen and oxygen atoms in total. The summed E-state index contributed by atoms with van der Waals surface area (Å²) in [4.78, 5) is 0. The zero-order valence-corrected chi connectivity index (χ0v) is 10.0. The topological polar surface area (TPSA) is 12.0 Å². The Bertz CT molecular complexity index is 132. The van der Waals surface area contributed by atoms with Gasteiger partial charge >= 0.3 is 0 Å². The number of thioether (sulfide) groups is 1. The standard InChI is InChI=1S/C11H23NS/c1-4-5-6-7-11(2)10-13-9-8-12-3/h7,12H,4-6,8-10H2,1-3H3/b11-7+. The third kappa shape index (κ3) is 9.97. The molecular weight excluding hydrogens is 178 g/mol. The predicted octanol–water partition coefficient (Wildman–Crippen LogP) is 3.08. The summed E-state index contributed by atoms with van der Waals surface area (Å²) in [6.07, 6.45) is 6.28. The highest BCUT2D eigenvalue weighted by Crippen LogP contribution is 2.08. The zero-order chi connectivity index (χ0) is 9.94. The molecule has 13 heavy (non-hydrogen) atoms. The van der Waals surface area contributed by atoms with Gasteiger partial charge in [0.25, 0.3) is 0 Å². The zero-order valence-electron chi connectivity index (χ0n) is 9.23. The monoisotopic (exact) mass is 201 g/mol. The van der Waals surface area contributed by atoms with Crippen molar-refractivity contribution in [3.8, 4) is 0 Å². The van der Waals surface area contributed by atoms with Crippen molar-refractivity contribution >= 4 is 11.8 Å². The van der Waals surface area contributed by atoms with Gasteiger partial charge < -0.3 is 5.32 Å². The minimum Gasteiger partial charge on any atom is -0.319 e. The lowest BCUT2D eigenvalue weighted by atomic mass is 10.2. The lowest BCUT2D eigenvalue weighted by molar-refractivity contribution is 0.811. The van der Waals surface area contributed by atoms with Gasteiger partial charge in [0.1, 0.15) is 0 Å². The molecule has 0 heterocycles. The summed E-state index contributed by atoms with van der Waals surface area (Å²) in [7, 11) is 2.00. The van der Waals surface area contributed by atoms with Crippen LogP contribution in [0, 0.1) is 0 Å². The second-order valence-corrected chi connectivity index (χ2v) is 4.45. The van der Waals surface area contributed by atoms with Gasteiger partial charge in [-0.1, -0.05) is 31.4 Å². The molecule has 0 aliphatic rings. The first kappa shape index (κ1) is 13.1. The second kappa shape index (κ2) is 10.1. The highest BCUT2D eigenvalue weighted by Gasteiger charge is 1.90. The van der Waals surface area contributed by atoms with Crippen LogP contribution in [0.2, 0.25) is 0 Å². The third-order valence-corrected chi connectivity index (χ3v) is 3.03. The Morgan fingerprint density at radius 3 is 2.85 bits per heavy atom. The van der Waals surface area contributed by atoms with Crippen molar-refractivity contribution in [3.05, 3.63) is 11.6 Å². The Kier molecular flexibility index (Phi) is 10.2. The molecular formula is C11H23NS. The first-order valence-electron chi connectivity index (χ1n) is 5.19. The van der Waals surface area contributed by atoms with Gasteiger partial charge in [-0.2, -0.15) is 11.8 Å². The highest BCUT2D eigenvalue weighted by atomic mass is 32.2. The van der Waals surface area contributed by atoms with Gasteiger partial charge in [-0.3, -0.25) is 0 Å². The minimum atomic E-state index is 1.12. The fraction of sp³-hybridized carbons (Fsp3) is 0.818. The van der Waals surface area contributed by atoms with E-state index in [0.29, 0.717) is 0 Å². The first-order chi connectivity index (χ1) is 6.31. The number of unbranched alkanes of at least 4 members (excludes halogenated alkanes) is 2. The van der Waals surface area contributed by atoms with Crippen molar-refractivity contribution in [2.45, 2.75) is 33.1 Å². The molecule has 0 atom stereocenters. The summed E-state index contributed by atoms with van der Waals surface area (Å²) in [5.74, 6) is 2.42. The van der Waals surface area contributed by atoms with Gasteiger partial charge in [-0.25, -0.2) is 0 Å². The smallest absolute Gasteiger partial charge is 0.0141 e. The average molecular weight is 201 g/mol. The van der Waals surface area contributed by atoms with Gasteiger partial charge in [0.05, 0.1) is 0 Å². The van der Waals surface area contributed by atoms with E-state index in [2.05, 4.69) is 25.2 Å².